The van der Waals surface area contributed by atoms with E-state index in [0.717, 1.165) is 19.6 Å². The molecular formula is C16H21ClN2O3. The minimum atomic E-state index is -0.111. The number of anilines is 1. The van der Waals surface area contributed by atoms with Gasteiger partial charge in [-0.05, 0) is 37.2 Å². The summed E-state index contributed by atoms with van der Waals surface area (Å²) in [6.45, 7) is 2.43. The second kappa shape index (κ2) is 8.17. The minimum absolute atomic E-state index is 0.111. The van der Waals surface area contributed by atoms with Gasteiger partial charge in [0.25, 0.3) is 0 Å². The van der Waals surface area contributed by atoms with Gasteiger partial charge in [-0.2, -0.15) is 0 Å². The zero-order chi connectivity index (χ0) is 15.9. The third-order valence-corrected chi connectivity index (χ3v) is 3.54. The highest BCUT2D eigenvalue weighted by molar-refractivity contribution is 6.31. The highest BCUT2D eigenvalue weighted by Gasteiger charge is 2.12. The van der Waals surface area contributed by atoms with E-state index in [1.54, 1.807) is 25.3 Å². The average Bonchev–Trinajstić information content (AvgIpc) is 2.48. The Balaban J connectivity index is 1.89. The highest BCUT2D eigenvalue weighted by atomic mass is 35.5. The van der Waals surface area contributed by atoms with E-state index in [-0.39, 0.29) is 12.5 Å². The molecule has 2 rings (SSSR count). The molecule has 5 nitrogen and oxygen atoms in total. The first kappa shape index (κ1) is 16.8. The summed E-state index contributed by atoms with van der Waals surface area (Å²) < 4.78 is 10.6. The normalized spacial score (nSPS) is 14.6. The summed E-state index contributed by atoms with van der Waals surface area (Å²) in [4.78, 5) is 14.1. The van der Waals surface area contributed by atoms with Crippen molar-refractivity contribution in [2.75, 3.05) is 45.8 Å². The first-order valence-corrected chi connectivity index (χ1v) is 7.54. The van der Waals surface area contributed by atoms with E-state index < -0.39 is 0 Å². The fourth-order valence-corrected chi connectivity index (χ4v) is 2.51. The number of halogens is 1. The Morgan fingerprint density at radius 2 is 2.32 bits per heavy atom. The molecule has 0 radical (unpaired) electrons. The Morgan fingerprint density at radius 1 is 1.50 bits per heavy atom. The van der Waals surface area contributed by atoms with E-state index >= 15 is 0 Å². The molecule has 0 fully saturated rings. The zero-order valence-electron chi connectivity index (χ0n) is 12.9. The van der Waals surface area contributed by atoms with E-state index in [9.17, 15) is 4.79 Å². The maximum absolute atomic E-state index is 12.1. The molecule has 0 atom stereocenters. The van der Waals surface area contributed by atoms with Gasteiger partial charge in [-0.3, -0.25) is 9.69 Å². The molecule has 1 amide bonds. The Kier molecular flexibility index (Phi) is 6.24. The van der Waals surface area contributed by atoms with Crippen LogP contribution in [-0.2, 0) is 9.53 Å². The van der Waals surface area contributed by atoms with Crippen LogP contribution in [0.1, 0.15) is 6.42 Å². The molecule has 1 aliphatic rings. The Morgan fingerprint density at radius 3 is 3.00 bits per heavy atom. The van der Waals surface area contributed by atoms with Crippen molar-refractivity contribution in [3.8, 4) is 5.75 Å². The van der Waals surface area contributed by atoms with E-state index in [2.05, 4.69) is 11.4 Å². The number of carbonyl (C=O) groups is 1. The van der Waals surface area contributed by atoms with Gasteiger partial charge >= 0.3 is 0 Å². The smallest absolute Gasteiger partial charge is 0.238 e. The van der Waals surface area contributed by atoms with Gasteiger partial charge in [0.15, 0.2) is 0 Å². The molecule has 120 valence electrons. The average molecular weight is 325 g/mol. The number of benzene rings is 1. The predicted octanol–water partition coefficient (Wildman–Crippen LogP) is 2.57. The van der Waals surface area contributed by atoms with Gasteiger partial charge < -0.3 is 14.8 Å². The SMILES string of the molecule is COc1ccc(Cl)cc1NC(=O)CN(C)CC1=CCCOC1. The van der Waals surface area contributed by atoms with Crippen LogP contribution in [0, 0.1) is 0 Å². The summed E-state index contributed by atoms with van der Waals surface area (Å²) in [5, 5.41) is 3.38. The van der Waals surface area contributed by atoms with Crippen LogP contribution >= 0.6 is 11.6 Å². The van der Waals surface area contributed by atoms with Gasteiger partial charge in [0.2, 0.25) is 5.91 Å². The number of ether oxygens (including phenoxy) is 2. The number of likely N-dealkylation sites (N-methyl/N-ethyl adjacent to an activating group) is 1. The summed E-state index contributed by atoms with van der Waals surface area (Å²) in [5.41, 5.74) is 1.79. The van der Waals surface area contributed by atoms with Gasteiger partial charge in [-0.15, -0.1) is 0 Å². The molecule has 0 saturated carbocycles. The van der Waals surface area contributed by atoms with Crippen molar-refractivity contribution in [3.05, 3.63) is 34.9 Å². The minimum Gasteiger partial charge on any atom is -0.495 e. The second-order valence-corrected chi connectivity index (χ2v) is 5.71. The lowest BCUT2D eigenvalue weighted by atomic mass is 10.2. The lowest BCUT2D eigenvalue weighted by Crippen LogP contribution is -2.32. The fraction of sp³-hybridized carbons (Fsp3) is 0.438. The van der Waals surface area contributed by atoms with Gasteiger partial charge in [0.05, 0.1) is 32.6 Å². The van der Waals surface area contributed by atoms with E-state index in [4.69, 9.17) is 21.1 Å². The quantitative estimate of drug-likeness (QED) is 0.817. The van der Waals surface area contributed by atoms with Crippen LogP contribution in [0.5, 0.6) is 5.75 Å². The Labute approximate surface area is 135 Å². The second-order valence-electron chi connectivity index (χ2n) is 5.27. The van der Waals surface area contributed by atoms with E-state index in [1.807, 2.05) is 11.9 Å². The van der Waals surface area contributed by atoms with Crippen molar-refractivity contribution in [1.82, 2.24) is 4.90 Å². The lowest BCUT2D eigenvalue weighted by Gasteiger charge is -2.21. The molecule has 1 aliphatic heterocycles. The lowest BCUT2D eigenvalue weighted by molar-refractivity contribution is -0.117. The van der Waals surface area contributed by atoms with Crippen molar-refractivity contribution in [3.63, 3.8) is 0 Å². The number of hydrogen-bond donors (Lipinski definition) is 1. The molecule has 0 bridgehead atoms. The van der Waals surface area contributed by atoms with Crippen LogP contribution in [-0.4, -0.2) is 51.3 Å². The first-order chi connectivity index (χ1) is 10.6. The van der Waals surface area contributed by atoms with Crippen molar-refractivity contribution in [1.29, 1.82) is 0 Å². The van der Waals surface area contributed by atoms with Crippen LogP contribution in [0.2, 0.25) is 5.02 Å². The molecule has 0 saturated heterocycles. The summed E-state index contributed by atoms with van der Waals surface area (Å²) in [7, 11) is 3.46. The van der Waals surface area contributed by atoms with Crippen LogP contribution in [0.15, 0.2) is 29.8 Å². The molecule has 0 aliphatic carbocycles. The molecule has 0 aromatic heterocycles. The number of rotatable bonds is 6. The first-order valence-electron chi connectivity index (χ1n) is 7.16. The predicted molar refractivity (Wildman–Crippen MR) is 87.6 cm³/mol. The molecule has 1 heterocycles. The van der Waals surface area contributed by atoms with Crippen molar-refractivity contribution in [2.24, 2.45) is 0 Å². The molecular weight excluding hydrogens is 304 g/mol. The highest BCUT2D eigenvalue weighted by Crippen LogP contribution is 2.27. The van der Waals surface area contributed by atoms with Gasteiger partial charge in [-0.1, -0.05) is 17.7 Å². The summed E-state index contributed by atoms with van der Waals surface area (Å²) >= 11 is 5.95. The van der Waals surface area contributed by atoms with Gasteiger partial charge in [0, 0.05) is 11.6 Å². The third kappa shape index (κ3) is 5.02. The summed E-state index contributed by atoms with van der Waals surface area (Å²) in [5.74, 6) is 0.476. The molecule has 1 aromatic rings. The summed E-state index contributed by atoms with van der Waals surface area (Å²) in [6.07, 6.45) is 3.12. The van der Waals surface area contributed by atoms with Gasteiger partial charge in [-0.25, -0.2) is 0 Å². The van der Waals surface area contributed by atoms with E-state index in [0.29, 0.717) is 23.1 Å². The standard InChI is InChI=1S/C16H21ClN2O3/c1-19(9-12-4-3-7-22-11-12)10-16(20)18-14-8-13(17)5-6-15(14)21-2/h4-6,8H,3,7,9-11H2,1-2H3,(H,18,20). The zero-order valence-corrected chi connectivity index (χ0v) is 13.7. The van der Waals surface area contributed by atoms with Crippen LogP contribution in [0.3, 0.4) is 0 Å². The number of hydrogen-bond acceptors (Lipinski definition) is 4. The fourth-order valence-electron chi connectivity index (χ4n) is 2.33. The third-order valence-electron chi connectivity index (χ3n) is 3.30. The number of nitrogens with one attached hydrogen (secondary N) is 1. The van der Waals surface area contributed by atoms with Gasteiger partial charge in [0.1, 0.15) is 5.75 Å². The number of carbonyl (C=O) groups excluding carboxylic acids is 1. The maximum Gasteiger partial charge on any atom is 0.238 e. The Bertz CT molecular complexity index is 560. The molecule has 22 heavy (non-hydrogen) atoms. The van der Waals surface area contributed by atoms with Crippen molar-refractivity contribution in [2.45, 2.75) is 6.42 Å². The monoisotopic (exact) mass is 324 g/mol. The van der Waals surface area contributed by atoms with Crippen molar-refractivity contribution >= 4 is 23.2 Å². The molecule has 6 heteroatoms. The molecule has 0 unspecified atom stereocenters. The summed E-state index contributed by atoms with van der Waals surface area (Å²) in [6, 6.07) is 5.12. The Hall–Kier alpha value is -1.56. The van der Waals surface area contributed by atoms with Crippen LogP contribution in [0.25, 0.3) is 0 Å². The van der Waals surface area contributed by atoms with Crippen molar-refractivity contribution < 1.29 is 14.3 Å². The van der Waals surface area contributed by atoms with E-state index in [1.165, 1.54) is 5.57 Å². The molecule has 0 spiro atoms. The van der Waals surface area contributed by atoms with Crippen LogP contribution < -0.4 is 10.1 Å². The topological polar surface area (TPSA) is 50.8 Å². The van der Waals surface area contributed by atoms with Crippen LogP contribution in [0.4, 0.5) is 5.69 Å². The molecule has 1 aromatic carbocycles. The number of amides is 1. The number of nitrogens with zero attached hydrogens (tertiary/aromatic N) is 1. The largest absolute Gasteiger partial charge is 0.495 e. The number of methoxy groups -OCH3 is 1. The maximum atomic E-state index is 12.1. The molecule has 1 N–H and O–H groups in total.